The van der Waals surface area contributed by atoms with Gasteiger partial charge in [-0.25, -0.2) is 12.8 Å². The van der Waals surface area contributed by atoms with E-state index >= 15 is 0 Å². The molecule has 6 nitrogen and oxygen atoms in total. The molecule has 8 heteroatoms. The molecule has 2 rings (SSSR count). The first kappa shape index (κ1) is 15.4. The SMILES string of the molecule is O=C(O)[C@@H]1CC(=O)N(CCS(=O)(=O)c2ccc(F)cc2)C1. The average molecular weight is 315 g/mol. The molecule has 0 unspecified atom stereocenters. The van der Waals surface area contributed by atoms with Crippen molar-refractivity contribution in [3.63, 3.8) is 0 Å². The third kappa shape index (κ3) is 3.57. The Morgan fingerprint density at radius 3 is 2.48 bits per heavy atom. The van der Waals surface area contributed by atoms with Crippen molar-refractivity contribution >= 4 is 21.7 Å². The number of carboxylic acid groups (broad SMARTS) is 1. The molecule has 1 N–H and O–H groups in total. The normalized spacial score (nSPS) is 19.0. The second-order valence-electron chi connectivity index (χ2n) is 4.85. The number of carboxylic acids is 1. The molecule has 1 saturated heterocycles. The number of amides is 1. The van der Waals surface area contributed by atoms with Gasteiger partial charge in [0.2, 0.25) is 5.91 Å². The van der Waals surface area contributed by atoms with Gasteiger partial charge in [-0.2, -0.15) is 0 Å². The van der Waals surface area contributed by atoms with Crippen LogP contribution in [-0.2, 0) is 19.4 Å². The molecule has 1 aliphatic rings. The Morgan fingerprint density at radius 1 is 1.33 bits per heavy atom. The largest absolute Gasteiger partial charge is 0.481 e. The van der Waals surface area contributed by atoms with Crippen molar-refractivity contribution in [1.29, 1.82) is 0 Å². The predicted molar refractivity (Wildman–Crippen MR) is 70.8 cm³/mol. The van der Waals surface area contributed by atoms with Crippen molar-refractivity contribution < 1.29 is 27.5 Å². The van der Waals surface area contributed by atoms with E-state index in [1.165, 1.54) is 4.90 Å². The lowest BCUT2D eigenvalue weighted by Gasteiger charge is -2.15. The minimum Gasteiger partial charge on any atom is -0.481 e. The zero-order chi connectivity index (χ0) is 15.6. The van der Waals surface area contributed by atoms with E-state index in [9.17, 15) is 22.4 Å². The number of carbonyl (C=O) groups is 2. The summed E-state index contributed by atoms with van der Waals surface area (Å²) in [6.45, 7) is -0.0462. The van der Waals surface area contributed by atoms with Crippen molar-refractivity contribution in [3.8, 4) is 0 Å². The van der Waals surface area contributed by atoms with E-state index in [0.29, 0.717) is 0 Å². The molecule has 21 heavy (non-hydrogen) atoms. The second kappa shape index (κ2) is 5.80. The van der Waals surface area contributed by atoms with Crippen molar-refractivity contribution in [2.24, 2.45) is 5.92 Å². The molecule has 0 saturated carbocycles. The fourth-order valence-corrected chi connectivity index (χ4v) is 3.39. The number of benzene rings is 1. The van der Waals surface area contributed by atoms with Crippen molar-refractivity contribution in [1.82, 2.24) is 4.90 Å². The predicted octanol–water partition coefficient (Wildman–Crippen LogP) is 0.532. The van der Waals surface area contributed by atoms with Gasteiger partial charge in [0.25, 0.3) is 0 Å². The highest BCUT2D eigenvalue weighted by Gasteiger charge is 2.34. The number of halogens is 1. The second-order valence-corrected chi connectivity index (χ2v) is 6.96. The Balaban J connectivity index is 2.01. The van der Waals surface area contributed by atoms with E-state index in [4.69, 9.17) is 5.11 Å². The number of likely N-dealkylation sites (tertiary alicyclic amines) is 1. The van der Waals surface area contributed by atoms with Gasteiger partial charge in [0.1, 0.15) is 5.82 Å². The molecule has 1 heterocycles. The van der Waals surface area contributed by atoms with Crippen LogP contribution in [0.25, 0.3) is 0 Å². The van der Waals surface area contributed by atoms with E-state index in [2.05, 4.69) is 0 Å². The maximum Gasteiger partial charge on any atom is 0.308 e. The highest BCUT2D eigenvalue weighted by molar-refractivity contribution is 7.91. The third-order valence-corrected chi connectivity index (χ3v) is 5.08. The lowest BCUT2D eigenvalue weighted by molar-refractivity contribution is -0.141. The van der Waals surface area contributed by atoms with Gasteiger partial charge in [0.05, 0.1) is 16.6 Å². The van der Waals surface area contributed by atoms with Crippen LogP contribution in [-0.4, -0.2) is 49.1 Å². The quantitative estimate of drug-likeness (QED) is 0.800. The molecule has 0 bridgehead atoms. The van der Waals surface area contributed by atoms with E-state index in [-0.39, 0.29) is 36.1 Å². The molecule has 1 amide bonds. The molecular weight excluding hydrogens is 301 g/mol. The highest BCUT2D eigenvalue weighted by atomic mass is 32.2. The standard InChI is InChI=1S/C13H14FNO5S/c14-10-1-3-11(4-2-10)21(19,20)6-5-15-8-9(13(17)18)7-12(15)16/h1-4,9H,5-8H2,(H,17,18)/t9-/m1/s1. The van der Waals surface area contributed by atoms with Crippen LogP contribution in [0.1, 0.15) is 6.42 Å². The van der Waals surface area contributed by atoms with Crippen LogP contribution in [0.2, 0.25) is 0 Å². The summed E-state index contributed by atoms with van der Waals surface area (Å²) < 4.78 is 36.9. The summed E-state index contributed by atoms with van der Waals surface area (Å²) in [7, 11) is -3.63. The Morgan fingerprint density at radius 2 is 1.95 bits per heavy atom. The lowest BCUT2D eigenvalue weighted by atomic mass is 10.1. The summed E-state index contributed by atoms with van der Waals surface area (Å²) in [6, 6.07) is 4.43. The van der Waals surface area contributed by atoms with Gasteiger partial charge < -0.3 is 10.0 Å². The monoisotopic (exact) mass is 315 g/mol. The maximum absolute atomic E-state index is 12.8. The number of hydrogen-bond acceptors (Lipinski definition) is 4. The van der Waals surface area contributed by atoms with Gasteiger partial charge in [-0.1, -0.05) is 0 Å². The first-order chi connectivity index (χ1) is 9.79. The van der Waals surface area contributed by atoms with E-state index in [1.54, 1.807) is 0 Å². The zero-order valence-corrected chi connectivity index (χ0v) is 11.8. The highest BCUT2D eigenvalue weighted by Crippen LogP contribution is 2.19. The van der Waals surface area contributed by atoms with Crippen LogP contribution in [0.5, 0.6) is 0 Å². The fraction of sp³-hybridized carbons (Fsp3) is 0.385. The van der Waals surface area contributed by atoms with Crippen LogP contribution in [0.4, 0.5) is 4.39 Å². The number of aliphatic carboxylic acids is 1. The molecule has 1 aromatic carbocycles. The molecule has 1 fully saturated rings. The molecule has 0 aromatic heterocycles. The zero-order valence-electron chi connectivity index (χ0n) is 11.0. The van der Waals surface area contributed by atoms with Gasteiger partial charge in [-0.3, -0.25) is 9.59 Å². The number of nitrogens with zero attached hydrogens (tertiary/aromatic N) is 1. The Bertz CT molecular complexity index is 656. The Hall–Kier alpha value is -1.96. The topological polar surface area (TPSA) is 91.8 Å². The van der Waals surface area contributed by atoms with E-state index in [1.807, 2.05) is 0 Å². The smallest absolute Gasteiger partial charge is 0.308 e. The summed E-state index contributed by atoms with van der Waals surface area (Å²) in [4.78, 5) is 23.6. The molecule has 1 aromatic rings. The first-order valence-corrected chi connectivity index (χ1v) is 7.94. The van der Waals surface area contributed by atoms with E-state index in [0.717, 1.165) is 24.3 Å². The van der Waals surface area contributed by atoms with Gasteiger partial charge in [-0.15, -0.1) is 0 Å². The van der Waals surface area contributed by atoms with Crippen molar-refractivity contribution in [3.05, 3.63) is 30.1 Å². The molecule has 1 aliphatic heterocycles. The molecule has 114 valence electrons. The van der Waals surface area contributed by atoms with Crippen LogP contribution in [0, 0.1) is 11.7 Å². The first-order valence-electron chi connectivity index (χ1n) is 6.28. The molecule has 1 atom stereocenters. The van der Waals surface area contributed by atoms with E-state index < -0.39 is 27.5 Å². The molecule has 0 spiro atoms. The van der Waals surface area contributed by atoms with Gasteiger partial charge in [-0.05, 0) is 24.3 Å². The van der Waals surface area contributed by atoms with Gasteiger partial charge >= 0.3 is 5.97 Å². The molecule has 0 radical (unpaired) electrons. The fourth-order valence-electron chi connectivity index (χ4n) is 2.14. The van der Waals surface area contributed by atoms with Crippen molar-refractivity contribution in [2.75, 3.05) is 18.8 Å². The van der Waals surface area contributed by atoms with Crippen LogP contribution in [0.3, 0.4) is 0 Å². The Labute approximate surface area is 121 Å². The molecular formula is C13H14FNO5S. The summed E-state index contributed by atoms with van der Waals surface area (Å²) in [6.07, 6.45) is -0.105. The van der Waals surface area contributed by atoms with Crippen LogP contribution >= 0.6 is 0 Å². The maximum atomic E-state index is 12.8. The summed E-state index contributed by atoms with van der Waals surface area (Å²) in [5, 5.41) is 8.85. The lowest BCUT2D eigenvalue weighted by Crippen LogP contribution is -2.31. The van der Waals surface area contributed by atoms with Crippen LogP contribution in [0.15, 0.2) is 29.2 Å². The van der Waals surface area contributed by atoms with Crippen molar-refractivity contribution in [2.45, 2.75) is 11.3 Å². The number of rotatable bonds is 5. The summed E-state index contributed by atoms with van der Waals surface area (Å²) in [5.41, 5.74) is 0. The Kier molecular flexibility index (Phi) is 4.26. The summed E-state index contributed by atoms with van der Waals surface area (Å²) >= 11 is 0. The summed E-state index contributed by atoms with van der Waals surface area (Å²) in [5.74, 6) is -3.07. The van der Waals surface area contributed by atoms with Gasteiger partial charge in [0, 0.05) is 19.5 Å². The number of hydrogen-bond donors (Lipinski definition) is 1. The number of carbonyl (C=O) groups excluding carboxylic acids is 1. The minimum absolute atomic E-state index is 0.0209. The third-order valence-electron chi connectivity index (χ3n) is 3.37. The average Bonchev–Trinajstić information content (AvgIpc) is 2.79. The van der Waals surface area contributed by atoms with Gasteiger partial charge in [0.15, 0.2) is 9.84 Å². The minimum atomic E-state index is -3.63. The number of sulfone groups is 1. The molecule has 0 aliphatic carbocycles. The van der Waals surface area contributed by atoms with Crippen LogP contribution < -0.4 is 0 Å².